The molecule has 0 bridgehead atoms. The van der Waals surface area contributed by atoms with Crippen molar-refractivity contribution in [2.45, 2.75) is 13.8 Å². The third kappa shape index (κ3) is 2.21. The molecule has 0 aliphatic heterocycles. The predicted molar refractivity (Wildman–Crippen MR) is 61.7 cm³/mol. The zero-order valence-electron chi connectivity index (χ0n) is 8.27. The summed E-state index contributed by atoms with van der Waals surface area (Å²) in [5, 5.41) is 10.6. The van der Waals surface area contributed by atoms with Crippen LogP contribution in [0.4, 0.5) is 5.13 Å². The third-order valence-corrected chi connectivity index (χ3v) is 3.73. The van der Waals surface area contributed by atoms with Crippen molar-refractivity contribution in [2.24, 2.45) is 0 Å². The van der Waals surface area contributed by atoms with Gasteiger partial charge in [-0.05, 0) is 25.5 Å². The monoisotopic (exact) mass is 239 g/mol. The van der Waals surface area contributed by atoms with Crippen molar-refractivity contribution in [3.63, 3.8) is 0 Å². The molecule has 2 aromatic rings. The Morgan fingerprint density at radius 2 is 2.27 bits per heavy atom. The lowest BCUT2D eigenvalue weighted by Crippen LogP contribution is -2.09. The maximum absolute atomic E-state index is 11.7. The highest BCUT2D eigenvalue weighted by atomic mass is 32.1. The quantitative estimate of drug-likeness (QED) is 0.875. The summed E-state index contributed by atoms with van der Waals surface area (Å²) >= 11 is 2.80. The molecule has 78 valence electrons. The number of hydrogen-bond donors (Lipinski definition) is 1. The maximum Gasteiger partial charge on any atom is 0.267 e. The fourth-order valence-corrected chi connectivity index (χ4v) is 2.44. The summed E-state index contributed by atoms with van der Waals surface area (Å²) in [7, 11) is 0. The number of amides is 1. The third-order valence-electron chi connectivity index (χ3n) is 1.97. The largest absolute Gasteiger partial charge is 0.296 e. The van der Waals surface area contributed by atoms with Gasteiger partial charge >= 0.3 is 0 Å². The highest BCUT2D eigenvalue weighted by Crippen LogP contribution is 2.21. The van der Waals surface area contributed by atoms with Crippen molar-refractivity contribution in [1.29, 1.82) is 0 Å². The van der Waals surface area contributed by atoms with Crippen LogP contribution in [0.15, 0.2) is 11.6 Å². The van der Waals surface area contributed by atoms with Crippen LogP contribution >= 0.6 is 22.7 Å². The van der Waals surface area contributed by atoms with E-state index in [0.29, 0.717) is 10.0 Å². The Labute approximate surface area is 95.0 Å². The van der Waals surface area contributed by atoms with Gasteiger partial charge in [0.1, 0.15) is 5.51 Å². The van der Waals surface area contributed by atoms with Crippen LogP contribution in [0.3, 0.4) is 0 Å². The van der Waals surface area contributed by atoms with E-state index >= 15 is 0 Å². The highest BCUT2D eigenvalue weighted by molar-refractivity contribution is 7.15. The molecular weight excluding hydrogens is 230 g/mol. The first kappa shape index (κ1) is 10.3. The van der Waals surface area contributed by atoms with E-state index in [2.05, 4.69) is 15.5 Å². The molecule has 1 N–H and O–H groups in total. The average Bonchev–Trinajstić information content (AvgIpc) is 2.78. The van der Waals surface area contributed by atoms with Crippen LogP contribution in [-0.4, -0.2) is 16.1 Å². The Morgan fingerprint density at radius 1 is 1.47 bits per heavy atom. The lowest BCUT2D eigenvalue weighted by atomic mass is 10.3. The van der Waals surface area contributed by atoms with E-state index in [4.69, 9.17) is 0 Å². The molecule has 2 heterocycles. The zero-order valence-corrected chi connectivity index (χ0v) is 9.91. The molecule has 0 unspecified atom stereocenters. The number of carbonyl (C=O) groups is 1. The number of aromatic nitrogens is 2. The number of nitrogens with zero attached hydrogens (tertiary/aromatic N) is 2. The molecule has 0 aliphatic carbocycles. The Morgan fingerprint density at radius 3 is 2.80 bits per heavy atom. The predicted octanol–water partition coefficient (Wildman–Crippen LogP) is 2.47. The van der Waals surface area contributed by atoms with Gasteiger partial charge in [0.2, 0.25) is 5.13 Å². The molecule has 15 heavy (non-hydrogen) atoms. The fraction of sp³-hybridized carbons (Fsp3) is 0.222. The zero-order chi connectivity index (χ0) is 10.8. The molecule has 0 aromatic carbocycles. The van der Waals surface area contributed by atoms with Gasteiger partial charge < -0.3 is 0 Å². The second kappa shape index (κ2) is 4.08. The van der Waals surface area contributed by atoms with E-state index < -0.39 is 0 Å². The minimum Gasteiger partial charge on any atom is -0.296 e. The Bertz CT molecular complexity index is 456. The summed E-state index contributed by atoms with van der Waals surface area (Å²) in [6.45, 7) is 4.00. The number of carbonyl (C=O) groups excluding carboxylic acids is 1. The summed E-state index contributed by atoms with van der Waals surface area (Å²) in [5.74, 6) is -0.118. The Kier molecular flexibility index (Phi) is 2.79. The van der Waals surface area contributed by atoms with Gasteiger partial charge in [-0.3, -0.25) is 10.1 Å². The van der Waals surface area contributed by atoms with E-state index in [9.17, 15) is 4.79 Å². The fourth-order valence-electron chi connectivity index (χ4n) is 1.07. The SMILES string of the molecule is Cc1cc(C(=O)Nc2nncs2)sc1C. The molecule has 6 heteroatoms. The minimum atomic E-state index is -0.118. The first-order valence-corrected chi connectivity index (χ1v) is 6.01. The molecule has 0 aliphatic rings. The molecular formula is C9H9N3OS2. The van der Waals surface area contributed by atoms with Crippen molar-refractivity contribution < 1.29 is 4.79 Å². The molecule has 1 amide bonds. The summed E-state index contributed by atoms with van der Waals surface area (Å²) in [4.78, 5) is 13.6. The molecule has 2 aromatic heterocycles. The van der Waals surface area contributed by atoms with Crippen molar-refractivity contribution in [1.82, 2.24) is 10.2 Å². The smallest absolute Gasteiger partial charge is 0.267 e. The summed E-state index contributed by atoms with van der Waals surface area (Å²) < 4.78 is 0. The number of hydrogen-bond acceptors (Lipinski definition) is 5. The normalized spacial score (nSPS) is 10.3. The van der Waals surface area contributed by atoms with Crippen LogP contribution in [-0.2, 0) is 0 Å². The summed E-state index contributed by atoms with van der Waals surface area (Å²) in [6.07, 6.45) is 0. The van der Waals surface area contributed by atoms with Gasteiger partial charge in [0.25, 0.3) is 5.91 Å². The van der Waals surface area contributed by atoms with E-state index in [1.807, 2.05) is 19.9 Å². The van der Waals surface area contributed by atoms with Gasteiger partial charge in [0, 0.05) is 4.88 Å². The Balaban J connectivity index is 2.15. The van der Waals surface area contributed by atoms with E-state index in [0.717, 1.165) is 10.4 Å². The van der Waals surface area contributed by atoms with Gasteiger partial charge in [0.05, 0.1) is 4.88 Å². The van der Waals surface area contributed by atoms with Crippen molar-refractivity contribution in [3.8, 4) is 0 Å². The molecule has 2 rings (SSSR count). The second-order valence-electron chi connectivity index (χ2n) is 3.05. The lowest BCUT2D eigenvalue weighted by Gasteiger charge is -1.96. The molecule has 4 nitrogen and oxygen atoms in total. The van der Waals surface area contributed by atoms with Crippen LogP contribution in [0.5, 0.6) is 0 Å². The van der Waals surface area contributed by atoms with Gasteiger partial charge in [-0.2, -0.15) is 0 Å². The summed E-state index contributed by atoms with van der Waals surface area (Å²) in [6, 6.07) is 1.89. The molecule has 0 spiro atoms. The van der Waals surface area contributed by atoms with Crippen molar-refractivity contribution >= 4 is 33.7 Å². The van der Waals surface area contributed by atoms with Gasteiger partial charge in [0.15, 0.2) is 0 Å². The molecule has 0 fully saturated rings. The summed E-state index contributed by atoms with van der Waals surface area (Å²) in [5.41, 5.74) is 2.72. The van der Waals surface area contributed by atoms with E-state index in [-0.39, 0.29) is 5.91 Å². The highest BCUT2D eigenvalue weighted by Gasteiger charge is 2.11. The number of aryl methyl sites for hydroxylation is 2. The minimum absolute atomic E-state index is 0.118. The molecule has 0 atom stereocenters. The number of rotatable bonds is 2. The van der Waals surface area contributed by atoms with Crippen molar-refractivity contribution in [2.75, 3.05) is 5.32 Å². The van der Waals surface area contributed by atoms with E-state index in [1.54, 1.807) is 5.51 Å². The lowest BCUT2D eigenvalue weighted by molar-refractivity contribution is 0.103. The van der Waals surface area contributed by atoms with Crippen LogP contribution in [0.1, 0.15) is 20.1 Å². The average molecular weight is 239 g/mol. The van der Waals surface area contributed by atoms with Gasteiger partial charge in [-0.15, -0.1) is 21.5 Å². The van der Waals surface area contributed by atoms with Crippen LogP contribution in [0.25, 0.3) is 0 Å². The van der Waals surface area contributed by atoms with Crippen LogP contribution in [0.2, 0.25) is 0 Å². The maximum atomic E-state index is 11.7. The number of thiophene rings is 1. The van der Waals surface area contributed by atoms with E-state index in [1.165, 1.54) is 22.7 Å². The second-order valence-corrected chi connectivity index (χ2v) is 5.14. The standard InChI is InChI=1S/C9H9N3OS2/c1-5-3-7(15-6(5)2)8(13)11-9-12-10-4-14-9/h3-4H,1-2H3,(H,11,12,13). The topological polar surface area (TPSA) is 54.9 Å². The first-order chi connectivity index (χ1) is 7.16. The molecule has 0 saturated carbocycles. The number of nitrogens with one attached hydrogen (secondary N) is 1. The van der Waals surface area contributed by atoms with Crippen LogP contribution in [0, 0.1) is 13.8 Å². The number of anilines is 1. The van der Waals surface area contributed by atoms with Gasteiger partial charge in [-0.1, -0.05) is 11.3 Å². The van der Waals surface area contributed by atoms with Crippen molar-refractivity contribution in [3.05, 3.63) is 26.9 Å². The van der Waals surface area contributed by atoms with Crippen LogP contribution < -0.4 is 5.32 Å². The molecule has 0 saturated heterocycles. The first-order valence-electron chi connectivity index (χ1n) is 4.31. The Hall–Kier alpha value is -1.27. The molecule has 0 radical (unpaired) electrons. The van der Waals surface area contributed by atoms with Gasteiger partial charge in [-0.25, -0.2) is 0 Å².